The van der Waals surface area contributed by atoms with E-state index in [9.17, 15) is 19.8 Å². The van der Waals surface area contributed by atoms with Gasteiger partial charge in [-0.05, 0) is 80.1 Å². The fourth-order valence-electron chi connectivity index (χ4n) is 5.11. The third-order valence-corrected chi connectivity index (χ3v) is 6.22. The van der Waals surface area contributed by atoms with Gasteiger partial charge in [-0.2, -0.15) is 0 Å². The topological polar surface area (TPSA) is 99.5 Å². The lowest BCUT2D eigenvalue weighted by Gasteiger charge is -2.27. The van der Waals surface area contributed by atoms with Gasteiger partial charge in [0.2, 0.25) is 0 Å². The molecule has 4 bridgehead atoms. The second-order valence-electron chi connectivity index (χ2n) is 11.0. The molecule has 8 heteroatoms. The predicted molar refractivity (Wildman–Crippen MR) is 111 cm³/mol. The Labute approximate surface area is 179 Å². The summed E-state index contributed by atoms with van der Waals surface area (Å²) in [6.07, 6.45) is 4.00. The SMILES string of the molecule is CC(C)(C)OC(=O)N1C2CCC1C(O)C2.CC(C)(C)OC(=O)N1C2CCC1C(O)C2. The van der Waals surface area contributed by atoms with Gasteiger partial charge >= 0.3 is 12.2 Å². The molecule has 0 aliphatic carbocycles. The van der Waals surface area contributed by atoms with Crippen molar-refractivity contribution in [3.63, 3.8) is 0 Å². The summed E-state index contributed by atoms with van der Waals surface area (Å²) in [4.78, 5) is 27.2. The van der Waals surface area contributed by atoms with E-state index in [1.807, 2.05) is 41.5 Å². The summed E-state index contributed by atoms with van der Waals surface area (Å²) in [7, 11) is 0. The minimum Gasteiger partial charge on any atom is -0.444 e. The fraction of sp³-hybridized carbons (Fsp3) is 0.909. The van der Waals surface area contributed by atoms with E-state index in [4.69, 9.17) is 9.47 Å². The highest BCUT2D eigenvalue weighted by Crippen LogP contribution is 2.39. The zero-order valence-corrected chi connectivity index (χ0v) is 19.1. The Morgan fingerprint density at radius 3 is 1.23 bits per heavy atom. The Bertz CT molecular complexity index is 599. The normalized spacial score (nSPS) is 34.7. The minimum atomic E-state index is -0.454. The van der Waals surface area contributed by atoms with Gasteiger partial charge in [0.1, 0.15) is 11.2 Å². The van der Waals surface area contributed by atoms with E-state index in [1.54, 1.807) is 9.80 Å². The van der Waals surface area contributed by atoms with Gasteiger partial charge in [-0.1, -0.05) is 0 Å². The van der Waals surface area contributed by atoms with E-state index in [2.05, 4.69) is 0 Å². The Kier molecular flexibility index (Phi) is 6.31. The highest BCUT2D eigenvalue weighted by Gasteiger charge is 2.50. The van der Waals surface area contributed by atoms with Crippen molar-refractivity contribution in [1.82, 2.24) is 9.80 Å². The van der Waals surface area contributed by atoms with Crippen LogP contribution in [-0.2, 0) is 9.47 Å². The molecule has 4 fully saturated rings. The van der Waals surface area contributed by atoms with Gasteiger partial charge in [0.05, 0.1) is 24.3 Å². The van der Waals surface area contributed by atoms with Crippen LogP contribution in [0.1, 0.15) is 80.1 Å². The Morgan fingerprint density at radius 2 is 1.03 bits per heavy atom. The van der Waals surface area contributed by atoms with Crippen LogP contribution < -0.4 is 0 Å². The Hall–Kier alpha value is -1.54. The van der Waals surface area contributed by atoms with E-state index in [1.165, 1.54) is 0 Å². The number of hydrogen-bond acceptors (Lipinski definition) is 6. The zero-order valence-electron chi connectivity index (χ0n) is 19.1. The van der Waals surface area contributed by atoms with Gasteiger partial charge in [0.15, 0.2) is 0 Å². The van der Waals surface area contributed by atoms with Gasteiger partial charge in [-0.3, -0.25) is 9.80 Å². The summed E-state index contributed by atoms with van der Waals surface area (Å²) < 4.78 is 10.7. The van der Waals surface area contributed by atoms with Gasteiger partial charge in [0, 0.05) is 12.1 Å². The molecule has 0 saturated carbocycles. The average Bonchev–Trinajstić information content (AvgIpc) is 3.28. The summed E-state index contributed by atoms with van der Waals surface area (Å²) in [5.74, 6) is 0. The molecule has 4 aliphatic heterocycles. The number of aliphatic hydroxyl groups excluding tert-OH is 2. The van der Waals surface area contributed by atoms with E-state index in [0.717, 1.165) is 25.7 Å². The quantitative estimate of drug-likeness (QED) is 0.618. The number of fused-ring (bicyclic) bond motifs is 4. The molecule has 4 aliphatic rings. The number of amides is 2. The summed E-state index contributed by atoms with van der Waals surface area (Å²) in [6.45, 7) is 11.2. The van der Waals surface area contributed by atoms with Crippen molar-refractivity contribution in [2.24, 2.45) is 0 Å². The standard InChI is InChI=1S/2C11H19NO3/c2*1-11(2,3)15-10(14)12-7-4-5-8(12)9(13)6-7/h2*7-9,13H,4-6H2,1-3H3. The van der Waals surface area contributed by atoms with Crippen molar-refractivity contribution in [2.75, 3.05) is 0 Å². The number of aliphatic hydroxyl groups is 2. The van der Waals surface area contributed by atoms with Crippen LogP contribution in [0.2, 0.25) is 0 Å². The second-order valence-corrected chi connectivity index (χ2v) is 11.0. The van der Waals surface area contributed by atoms with Crippen molar-refractivity contribution < 1.29 is 29.3 Å². The van der Waals surface area contributed by atoms with Crippen molar-refractivity contribution in [3.8, 4) is 0 Å². The molecule has 6 unspecified atom stereocenters. The molecule has 0 aromatic heterocycles. The molecule has 8 nitrogen and oxygen atoms in total. The van der Waals surface area contributed by atoms with Crippen LogP contribution in [0.25, 0.3) is 0 Å². The molecule has 0 radical (unpaired) electrons. The summed E-state index contributed by atoms with van der Waals surface area (Å²) >= 11 is 0. The third-order valence-electron chi connectivity index (χ3n) is 6.22. The number of carbonyl (C=O) groups excluding carboxylic acids is 2. The van der Waals surface area contributed by atoms with Crippen molar-refractivity contribution in [1.29, 1.82) is 0 Å². The predicted octanol–water partition coefficient (Wildman–Crippen LogP) is 3.04. The monoisotopic (exact) mass is 426 g/mol. The lowest BCUT2D eigenvalue weighted by atomic mass is 9.98. The first-order chi connectivity index (χ1) is 13.8. The number of rotatable bonds is 0. The van der Waals surface area contributed by atoms with Gasteiger partial charge < -0.3 is 19.7 Å². The van der Waals surface area contributed by atoms with Gasteiger partial charge in [0.25, 0.3) is 0 Å². The first kappa shape index (κ1) is 23.1. The molecule has 0 aromatic carbocycles. The molecule has 4 rings (SSSR count). The summed E-state index contributed by atoms with van der Waals surface area (Å²) in [6, 6.07) is 0.370. The summed E-state index contributed by atoms with van der Waals surface area (Å²) in [5, 5.41) is 19.4. The third kappa shape index (κ3) is 5.02. The maximum absolute atomic E-state index is 11.9. The average molecular weight is 427 g/mol. The van der Waals surface area contributed by atoms with Crippen LogP contribution in [0, 0.1) is 0 Å². The molecular formula is C22H38N2O6. The number of carbonyl (C=O) groups is 2. The molecule has 4 heterocycles. The van der Waals surface area contributed by atoms with Crippen LogP contribution in [0.3, 0.4) is 0 Å². The zero-order chi connectivity index (χ0) is 22.4. The molecule has 6 atom stereocenters. The van der Waals surface area contributed by atoms with E-state index < -0.39 is 11.2 Å². The Balaban J connectivity index is 0.000000171. The molecule has 0 aromatic rings. The fourth-order valence-corrected chi connectivity index (χ4v) is 5.11. The van der Waals surface area contributed by atoms with Crippen LogP contribution in [0.5, 0.6) is 0 Å². The molecule has 2 N–H and O–H groups in total. The van der Waals surface area contributed by atoms with Crippen molar-refractivity contribution in [2.45, 2.75) is 128 Å². The minimum absolute atomic E-state index is 0.00940. The smallest absolute Gasteiger partial charge is 0.410 e. The Morgan fingerprint density at radius 1 is 0.700 bits per heavy atom. The molecule has 172 valence electrons. The van der Waals surface area contributed by atoms with E-state index >= 15 is 0 Å². The number of ether oxygens (including phenoxy) is 2. The highest BCUT2D eigenvalue weighted by atomic mass is 16.6. The molecule has 30 heavy (non-hydrogen) atoms. The maximum Gasteiger partial charge on any atom is 0.410 e. The lowest BCUT2D eigenvalue weighted by molar-refractivity contribution is 0.0161. The lowest BCUT2D eigenvalue weighted by Crippen LogP contribution is -2.41. The second kappa shape index (κ2) is 8.19. The van der Waals surface area contributed by atoms with Gasteiger partial charge in [-0.15, -0.1) is 0 Å². The van der Waals surface area contributed by atoms with E-state index in [0.29, 0.717) is 12.8 Å². The van der Waals surface area contributed by atoms with Crippen molar-refractivity contribution >= 4 is 12.2 Å². The first-order valence-electron chi connectivity index (χ1n) is 11.2. The highest BCUT2D eigenvalue weighted by molar-refractivity contribution is 5.70. The number of hydrogen-bond donors (Lipinski definition) is 2. The van der Waals surface area contributed by atoms with Crippen LogP contribution in [-0.4, -0.2) is 79.8 Å². The summed E-state index contributed by atoms with van der Waals surface area (Å²) in [5.41, 5.74) is -0.909. The van der Waals surface area contributed by atoms with Crippen LogP contribution in [0.15, 0.2) is 0 Å². The number of nitrogens with zero attached hydrogens (tertiary/aromatic N) is 2. The first-order valence-corrected chi connectivity index (χ1v) is 11.2. The molecule has 2 amide bonds. The largest absolute Gasteiger partial charge is 0.444 e. The van der Waals surface area contributed by atoms with Crippen LogP contribution in [0.4, 0.5) is 9.59 Å². The molecule has 0 spiro atoms. The van der Waals surface area contributed by atoms with Crippen LogP contribution >= 0.6 is 0 Å². The van der Waals surface area contributed by atoms with E-state index in [-0.39, 0.29) is 48.6 Å². The van der Waals surface area contributed by atoms with Gasteiger partial charge in [-0.25, -0.2) is 9.59 Å². The van der Waals surface area contributed by atoms with Crippen molar-refractivity contribution in [3.05, 3.63) is 0 Å². The molecular weight excluding hydrogens is 388 g/mol. The maximum atomic E-state index is 11.9. The molecule has 4 saturated heterocycles.